The molecule has 0 radical (unpaired) electrons. The lowest BCUT2D eigenvalue weighted by Gasteiger charge is -2.19. The first-order chi connectivity index (χ1) is 12.0. The monoisotopic (exact) mass is 366 g/mol. The second-order valence-electron chi connectivity index (χ2n) is 5.86. The zero-order valence-corrected chi connectivity index (χ0v) is 15.2. The summed E-state index contributed by atoms with van der Waals surface area (Å²) < 4.78 is 19.0. The van der Waals surface area contributed by atoms with E-state index in [1.165, 1.54) is 23.2 Å². The third-order valence-electron chi connectivity index (χ3n) is 3.90. The molecule has 1 heterocycles. The van der Waals surface area contributed by atoms with Crippen molar-refractivity contribution in [3.63, 3.8) is 0 Å². The molecule has 2 rings (SSSR count). The van der Waals surface area contributed by atoms with Crippen LogP contribution in [-0.4, -0.2) is 30.8 Å². The van der Waals surface area contributed by atoms with Crippen molar-refractivity contribution in [1.82, 2.24) is 5.48 Å². The van der Waals surface area contributed by atoms with Crippen LogP contribution in [0.2, 0.25) is 0 Å². The fourth-order valence-corrected chi connectivity index (χ4v) is 3.17. The van der Waals surface area contributed by atoms with E-state index in [1.807, 2.05) is 18.5 Å². The van der Waals surface area contributed by atoms with Gasteiger partial charge in [-0.15, -0.1) is 11.3 Å². The van der Waals surface area contributed by atoms with Gasteiger partial charge in [0.25, 0.3) is 5.91 Å². The fourth-order valence-electron chi connectivity index (χ4n) is 2.45. The first kappa shape index (κ1) is 19.2. The van der Waals surface area contributed by atoms with E-state index in [2.05, 4.69) is 11.0 Å². The number of nitrogens with one attached hydrogen (secondary N) is 1. The highest BCUT2D eigenvalue weighted by Gasteiger charge is 2.20. The van der Waals surface area contributed by atoms with Gasteiger partial charge in [0.15, 0.2) is 6.10 Å². The van der Waals surface area contributed by atoms with Gasteiger partial charge in [0.2, 0.25) is 0 Å². The van der Waals surface area contributed by atoms with Gasteiger partial charge in [0, 0.05) is 13.6 Å². The van der Waals surface area contributed by atoms with E-state index in [0.717, 1.165) is 19.4 Å². The molecule has 0 saturated carbocycles. The normalized spacial score (nSPS) is 11.8. The molecule has 2 aromatic rings. The maximum atomic E-state index is 13.3. The summed E-state index contributed by atoms with van der Waals surface area (Å²) in [4.78, 5) is 14.0. The number of carbonyl (C=O) groups is 1. The molecular formula is C18H23FN2O3S. The third kappa shape index (κ3) is 5.72. The smallest absolute Gasteiger partial charge is 0.284 e. The van der Waals surface area contributed by atoms with Crippen LogP contribution in [0.3, 0.4) is 0 Å². The summed E-state index contributed by atoms with van der Waals surface area (Å²) in [6, 6.07) is 8.39. The van der Waals surface area contributed by atoms with Crippen LogP contribution >= 0.6 is 11.3 Å². The zero-order valence-electron chi connectivity index (χ0n) is 14.4. The summed E-state index contributed by atoms with van der Waals surface area (Å²) >= 11 is 1.68. The molecule has 5 nitrogen and oxygen atoms in total. The number of halogens is 1. The summed E-state index contributed by atoms with van der Waals surface area (Å²) in [5.74, 6) is -0.524. The van der Waals surface area contributed by atoms with Gasteiger partial charge in [-0.2, -0.15) is 0 Å². The average Bonchev–Trinajstić information content (AvgIpc) is 3.14. The van der Waals surface area contributed by atoms with Gasteiger partial charge in [-0.1, -0.05) is 0 Å². The van der Waals surface area contributed by atoms with Crippen LogP contribution in [0.25, 0.3) is 0 Å². The summed E-state index contributed by atoms with van der Waals surface area (Å²) in [6.07, 6.45) is 1.28. The molecule has 1 amide bonds. The Morgan fingerprint density at radius 1 is 1.40 bits per heavy atom. The van der Waals surface area contributed by atoms with E-state index in [9.17, 15) is 9.18 Å². The van der Waals surface area contributed by atoms with Crippen molar-refractivity contribution >= 4 is 22.2 Å². The van der Waals surface area contributed by atoms with Gasteiger partial charge in [0.05, 0.1) is 5.00 Å². The predicted octanol–water partition coefficient (Wildman–Crippen LogP) is 3.76. The van der Waals surface area contributed by atoms with Gasteiger partial charge in [0.1, 0.15) is 11.6 Å². The Labute approximate surface area is 151 Å². The highest BCUT2D eigenvalue weighted by Crippen LogP contribution is 2.21. The van der Waals surface area contributed by atoms with Crippen LogP contribution < -0.4 is 15.1 Å². The Bertz CT molecular complexity index is 679. The number of aryl methyl sites for hydroxylation is 1. The van der Waals surface area contributed by atoms with Crippen LogP contribution in [0, 0.1) is 12.7 Å². The number of hydrogen-bond acceptors (Lipinski definition) is 5. The first-order valence-corrected chi connectivity index (χ1v) is 9.00. The minimum Gasteiger partial charge on any atom is -0.481 e. The van der Waals surface area contributed by atoms with Crippen LogP contribution in [0.15, 0.2) is 35.7 Å². The van der Waals surface area contributed by atoms with Crippen molar-refractivity contribution in [2.75, 3.05) is 18.5 Å². The number of amides is 1. The molecule has 1 atom stereocenters. The van der Waals surface area contributed by atoms with Gasteiger partial charge >= 0.3 is 0 Å². The highest BCUT2D eigenvalue weighted by molar-refractivity contribution is 7.14. The third-order valence-corrected chi connectivity index (χ3v) is 4.89. The Kier molecular flexibility index (Phi) is 7.21. The number of benzene rings is 1. The largest absolute Gasteiger partial charge is 0.481 e. The maximum absolute atomic E-state index is 13.3. The topological polar surface area (TPSA) is 61.8 Å². The van der Waals surface area contributed by atoms with E-state index in [0.29, 0.717) is 17.7 Å². The van der Waals surface area contributed by atoms with Crippen molar-refractivity contribution in [2.24, 2.45) is 0 Å². The van der Waals surface area contributed by atoms with E-state index in [-0.39, 0.29) is 5.82 Å². The second-order valence-corrected chi connectivity index (χ2v) is 6.79. The van der Waals surface area contributed by atoms with Crippen LogP contribution in [0.5, 0.6) is 5.75 Å². The van der Waals surface area contributed by atoms with Gasteiger partial charge in [-0.25, -0.2) is 9.87 Å². The molecule has 0 bridgehead atoms. The number of unbranched alkanes of at least 4 members (excludes halogenated alkanes) is 1. The molecule has 0 spiro atoms. The predicted molar refractivity (Wildman–Crippen MR) is 96.9 cm³/mol. The standard InChI is InChI=1S/C18H23FN2O3S/c1-13-12-14(8-9-15(13)19)24-16(18(22)20-23)6-3-4-10-21(2)17-7-5-11-25-17/h5,7-9,11-12,16,23H,3-4,6,10H2,1-2H3,(H,20,22)/t16-/m1/s1. The summed E-state index contributed by atoms with van der Waals surface area (Å²) in [7, 11) is 2.03. The lowest BCUT2D eigenvalue weighted by Crippen LogP contribution is -2.36. The van der Waals surface area contributed by atoms with Crippen LogP contribution in [0.4, 0.5) is 9.39 Å². The van der Waals surface area contributed by atoms with E-state index in [1.54, 1.807) is 23.7 Å². The Hall–Kier alpha value is -2.12. The van der Waals surface area contributed by atoms with E-state index >= 15 is 0 Å². The van der Waals surface area contributed by atoms with Gasteiger partial charge < -0.3 is 9.64 Å². The van der Waals surface area contributed by atoms with Crippen molar-refractivity contribution in [2.45, 2.75) is 32.3 Å². The Balaban J connectivity index is 1.85. The number of thiophene rings is 1. The summed E-state index contributed by atoms with van der Waals surface area (Å²) in [5, 5.41) is 12.1. The molecule has 136 valence electrons. The summed E-state index contributed by atoms with van der Waals surface area (Å²) in [5.41, 5.74) is 2.08. The number of carbonyl (C=O) groups excluding carboxylic acids is 1. The maximum Gasteiger partial charge on any atom is 0.284 e. The summed E-state index contributed by atoms with van der Waals surface area (Å²) in [6.45, 7) is 2.49. The molecule has 0 fully saturated rings. The number of nitrogens with zero attached hydrogens (tertiary/aromatic N) is 1. The molecule has 2 N–H and O–H groups in total. The molecule has 0 aliphatic heterocycles. The SMILES string of the molecule is Cc1cc(O[C@H](CCCCN(C)c2cccs2)C(=O)NO)ccc1F. The number of ether oxygens (including phenoxy) is 1. The van der Waals surface area contributed by atoms with Crippen LogP contribution in [-0.2, 0) is 4.79 Å². The number of hydroxylamine groups is 1. The van der Waals surface area contributed by atoms with Gasteiger partial charge in [-0.3, -0.25) is 10.0 Å². The lowest BCUT2D eigenvalue weighted by molar-refractivity contribution is -0.136. The lowest BCUT2D eigenvalue weighted by atomic mass is 10.1. The minimum absolute atomic E-state index is 0.327. The Morgan fingerprint density at radius 3 is 2.84 bits per heavy atom. The molecule has 1 aromatic carbocycles. The molecule has 1 aromatic heterocycles. The molecule has 7 heteroatoms. The fraction of sp³-hybridized carbons (Fsp3) is 0.389. The molecule has 0 aliphatic rings. The molecule has 25 heavy (non-hydrogen) atoms. The number of anilines is 1. The minimum atomic E-state index is -0.818. The van der Waals surface area contributed by atoms with E-state index in [4.69, 9.17) is 9.94 Å². The van der Waals surface area contributed by atoms with Crippen LogP contribution in [0.1, 0.15) is 24.8 Å². The molecule has 0 aliphatic carbocycles. The number of hydrogen-bond donors (Lipinski definition) is 2. The zero-order chi connectivity index (χ0) is 18.2. The first-order valence-electron chi connectivity index (χ1n) is 8.12. The molecule has 0 unspecified atom stereocenters. The van der Waals surface area contributed by atoms with Gasteiger partial charge in [-0.05, 0) is 67.5 Å². The number of rotatable bonds is 9. The van der Waals surface area contributed by atoms with Crippen molar-refractivity contribution in [1.29, 1.82) is 0 Å². The highest BCUT2D eigenvalue weighted by atomic mass is 32.1. The van der Waals surface area contributed by atoms with Crippen molar-refractivity contribution in [3.8, 4) is 5.75 Å². The molecule has 0 saturated heterocycles. The quantitative estimate of drug-likeness (QED) is 0.403. The van der Waals surface area contributed by atoms with Crippen molar-refractivity contribution < 1.29 is 19.1 Å². The van der Waals surface area contributed by atoms with E-state index < -0.39 is 12.0 Å². The Morgan fingerprint density at radius 2 is 2.20 bits per heavy atom. The molecular weight excluding hydrogens is 343 g/mol. The average molecular weight is 366 g/mol. The van der Waals surface area contributed by atoms with Crippen molar-refractivity contribution in [3.05, 3.63) is 47.1 Å². The second kappa shape index (κ2) is 9.39.